The number of carbonyl (C=O) groups is 1. The highest BCUT2D eigenvalue weighted by Crippen LogP contribution is 2.31. The van der Waals surface area contributed by atoms with Crippen molar-refractivity contribution in [2.24, 2.45) is 5.73 Å². The van der Waals surface area contributed by atoms with Gasteiger partial charge >= 0.3 is 0 Å². The van der Waals surface area contributed by atoms with Gasteiger partial charge in [0.05, 0.1) is 11.0 Å². The quantitative estimate of drug-likeness (QED) is 0.594. The van der Waals surface area contributed by atoms with Crippen LogP contribution in [0.4, 0.5) is 11.4 Å². The van der Waals surface area contributed by atoms with Gasteiger partial charge in [-0.15, -0.1) is 0 Å². The van der Waals surface area contributed by atoms with Crippen LogP contribution in [0.25, 0.3) is 0 Å². The molecular formula is C13H18N4O3. The van der Waals surface area contributed by atoms with E-state index >= 15 is 0 Å². The van der Waals surface area contributed by atoms with E-state index in [9.17, 15) is 14.9 Å². The first-order chi connectivity index (χ1) is 9.54. The van der Waals surface area contributed by atoms with Crippen LogP contribution in [0.5, 0.6) is 0 Å². The summed E-state index contributed by atoms with van der Waals surface area (Å²) in [6, 6.07) is 4.49. The second-order valence-electron chi connectivity index (χ2n) is 4.83. The molecule has 1 aromatic carbocycles. The smallest absolute Gasteiger partial charge is 0.292 e. The van der Waals surface area contributed by atoms with Crippen LogP contribution in [0.15, 0.2) is 18.2 Å². The molecule has 7 heteroatoms. The van der Waals surface area contributed by atoms with Gasteiger partial charge in [0.1, 0.15) is 5.69 Å². The number of hydrogen-bond donors (Lipinski definition) is 2. The molecule has 1 fully saturated rings. The van der Waals surface area contributed by atoms with Crippen molar-refractivity contribution >= 4 is 17.3 Å². The molecule has 1 aliphatic rings. The number of anilines is 1. The lowest BCUT2D eigenvalue weighted by Gasteiger charge is -2.39. The second-order valence-corrected chi connectivity index (χ2v) is 4.83. The van der Waals surface area contributed by atoms with E-state index in [1.165, 1.54) is 18.2 Å². The molecule has 108 valence electrons. The fourth-order valence-corrected chi connectivity index (χ4v) is 2.30. The lowest BCUT2D eigenvalue weighted by atomic mass is 10.1. The molecule has 0 atom stereocenters. The zero-order valence-corrected chi connectivity index (χ0v) is 11.3. The summed E-state index contributed by atoms with van der Waals surface area (Å²) in [7, 11) is 0. The average molecular weight is 278 g/mol. The minimum absolute atomic E-state index is 0.00958. The fourth-order valence-electron chi connectivity index (χ4n) is 2.30. The molecule has 20 heavy (non-hydrogen) atoms. The number of nitro groups is 1. The molecule has 1 aliphatic heterocycles. The van der Waals surface area contributed by atoms with Crippen molar-refractivity contribution in [3.63, 3.8) is 0 Å². The highest BCUT2D eigenvalue weighted by molar-refractivity contribution is 5.94. The van der Waals surface area contributed by atoms with Crippen molar-refractivity contribution in [3.05, 3.63) is 33.9 Å². The normalized spacial score (nSPS) is 14.7. The average Bonchev–Trinajstić information content (AvgIpc) is 2.35. The number of carbonyl (C=O) groups excluding carboxylic acids is 1. The molecule has 1 heterocycles. The Kier molecular flexibility index (Phi) is 4.19. The monoisotopic (exact) mass is 278 g/mol. The molecule has 1 aromatic rings. The van der Waals surface area contributed by atoms with Crippen molar-refractivity contribution in [3.8, 4) is 0 Å². The maximum absolute atomic E-state index is 11.3. The van der Waals surface area contributed by atoms with Gasteiger partial charge in [-0.25, -0.2) is 0 Å². The summed E-state index contributed by atoms with van der Waals surface area (Å²) in [5.41, 5.74) is 6.04. The first-order valence-electron chi connectivity index (χ1n) is 6.60. The SMILES string of the molecule is CCCN(c1cc(C(N)=O)ccc1[N+](=O)[O-])C1CNC1. The van der Waals surface area contributed by atoms with Crippen molar-refractivity contribution in [2.75, 3.05) is 24.5 Å². The van der Waals surface area contributed by atoms with E-state index in [4.69, 9.17) is 5.73 Å². The number of nitrogens with zero attached hydrogens (tertiary/aromatic N) is 2. The Morgan fingerprint density at radius 2 is 2.25 bits per heavy atom. The number of nitrogens with two attached hydrogens (primary N) is 1. The van der Waals surface area contributed by atoms with E-state index in [0.717, 1.165) is 19.5 Å². The van der Waals surface area contributed by atoms with Crippen LogP contribution in [0, 0.1) is 10.1 Å². The van der Waals surface area contributed by atoms with E-state index in [1.54, 1.807) is 0 Å². The molecule has 0 aromatic heterocycles. The van der Waals surface area contributed by atoms with Gasteiger partial charge in [-0.05, 0) is 18.6 Å². The van der Waals surface area contributed by atoms with Crippen LogP contribution in [0.2, 0.25) is 0 Å². The van der Waals surface area contributed by atoms with Crippen molar-refractivity contribution in [2.45, 2.75) is 19.4 Å². The van der Waals surface area contributed by atoms with Gasteiger partial charge in [0.2, 0.25) is 5.91 Å². The molecule has 0 spiro atoms. The third-order valence-corrected chi connectivity index (χ3v) is 3.43. The standard InChI is InChI=1S/C13H18N4O3/c1-2-5-16(10-7-15-8-10)12-6-9(13(14)18)3-4-11(12)17(19)20/h3-4,6,10,15H,2,5,7-8H2,1H3,(H2,14,18). The minimum Gasteiger partial charge on any atom is -0.366 e. The van der Waals surface area contributed by atoms with Crippen molar-refractivity contribution in [1.29, 1.82) is 0 Å². The molecule has 0 unspecified atom stereocenters. The van der Waals surface area contributed by atoms with E-state index in [2.05, 4.69) is 5.32 Å². The Morgan fingerprint density at radius 3 is 2.70 bits per heavy atom. The van der Waals surface area contributed by atoms with Gasteiger partial charge in [0.15, 0.2) is 0 Å². The van der Waals surface area contributed by atoms with Crippen LogP contribution < -0.4 is 16.0 Å². The van der Waals surface area contributed by atoms with E-state index < -0.39 is 10.8 Å². The van der Waals surface area contributed by atoms with Gasteiger partial charge in [0, 0.05) is 31.3 Å². The van der Waals surface area contributed by atoms with Crippen LogP contribution >= 0.6 is 0 Å². The summed E-state index contributed by atoms with van der Waals surface area (Å²) >= 11 is 0. The Labute approximate surface area is 116 Å². The second kappa shape index (κ2) is 5.87. The molecule has 3 N–H and O–H groups in total. The summed E-state index contributed by atoms with van der Waals surface area (Å²) in [6.07, 6.45) is 0.869. The minimum atomic E-state index is -0.579. The van der Waals surface area contributed by atoms with Gasteiger partial charge in [0.25, 0.3) is 5.69 Å². The summed E-state index contributed by atoms with van der Waals surface area (Å²) in [4.78, 5) is 24.0. The highest BCUT2D eigenvalue weighted by atomic mass is 16.6. The molecule has 0 bridgehead atoms. The lowest BCUT2D eigenvalue weighted by molar-refractivity contribution is -0.384. The molecule has 0 radical (unpaired) electrons. The molecule has 1 saturated heterocycles. The first-order valence-corrected chi connectivity index (χ1v) is 6.60. The maximum atomic E-state index is 11.3. The van der Waals surface area contributed by atoms with Crippen LogP contribution in [0.3, 0.4) is 0 Å². The predicted octanol–water partition coefficient (Wildman–Crippen LogP) is 0.882. The zero-order valence-electron chi connectivity index (χ0n) is 11.3. The highest BCUT2D eigenvalue weighted by Gasteiger charge is 2.29. The largest absolute Gasteiger partial charge is 0.366 e. The fraction of sp³-hybridized carbons (Fsp3) is 0.462. The third kappa shape index (κ3) is 2.72. The number of nitro benzene ring substituents is 1. The Morgan fingerprint density at radius 1 is 1.55 bits per heavy atom. The predicted molar refractivity (Wildman–Crippen MR) is 75.9 cm³/mol. The number of amides is 1. The van der Waals surface area contributed by atoms with Crippen molar-refractivity contribution < 1.29 is 9.72 Å². The zero-order chi connectivity index (χ0) is 14.7. The Bertz CT molecular complexity index is 528. The summed E-state index contributed by atoms with van der Waals surface area (Å²) in [5, 5.41) is 14.3. The van der Waals surface area contributed by atoms with Gasteiger partial charge in [-0.3, -0.25) is 14.9 Å². The summed E-state index contributed by atoms with van der Waals surface area (Å²) in [6.45, 7) is 4.30. The van der Waals surface area contributed by atoms with Gasteiger partial charge in [-0.1, -0.05) is 6.92 Å². The van der Waals surface area contributed by atoms with E-state index in [0.29, 0.717) is 17.8 Å². The molecule has 0 aliphatic carbocycles. The molecule has 2 rings (SSSR count). The van der Waals surface area contributed by atoms with E-state index in [-0.39, 0.29) is 11.7 Å². The lowest BCUT2D eigenvalue weighted by Crippen LogP contribution is -2.57. The molecule has 7 nitrogen and oxygen atoms in total. The number of benzene rings is 1. The van der Waals surface area contributed by atoms with Gasteiger partial charge in [-0.2, -0.15) is 0 Å². The summed E-state index contributed by atoms with van der Waals surface area (Å²) in [5.74, 6) is -0.579. The van der Waals surface area contributed by atoms with Crippen molar-refractivity contribution in [1.82, 2.24) is 5.32 Å². The number of hydrogen-bond acceptors (Lipinski definition) is 5. The number of nitrogens with one attached hydrogen (secondary N) is 1. The Hall–Kier alpha value is -2.15. The first kappa shape index (κ1) is 14.3. The molecular weight excluding hydrogens is 260 g/mol. The van der Waals surface area contributed by atoms with Crippen LogP contribution in [0.1, 0.15) is 23.7 Å². The van der Waals surface area contributed by atoms with Gasteiger partial charge < -0.3 is 16.0 Å². The topological polar surface area (TPSA) is 102 Å². The number of rotatable bonds is 6. The van der Waals surface area contributed by atoms with Crippen LogP contribution in [-0.2, 0) is 0 Å². The maximum Gasteiger partial charge on any atom is 0.292 e. The third-order valence-electron chi connectivity index (χ3n) is 3.43. The van der Waals surface area contributed by atoms with E-state index in [1.807, 2.05) is 11.8 Å². The Balaban J connectivity index is 2.45. The molecule has 1 amide bonds. The number of primary amides is 1. The summed E-state index contributed by atoms with van der Waals surface area (Å²) < 4.78 is 0. The molecule has 0 saturated carbocycles. The van der Waals surface area contributed by atoms with Crippen LogP contribution in [-0.4, -0.2) is 36.5 Å².